The van der Waals surface area contributed by atoms with Gasteiger partial charge in [0.25, 0.3) is 11.1 Å². The van der Waals surface area contributed by atoms with Crippen LogP contribution in [0.4, 0.5) is 5.69 Å². The normalized spacial score (nSPS) is 10.6. The second kappa shape index (κ2) is 10.3. The molecule has 1 amide bonds. The SMILES string of the molecule is COc1ccccc1-c1nnc(SCC(=O)Nc2ccc(Cl)cc2C(=O)c2ccccc2)o1. The molecular weight excluding hydrogens is 462 g/mol. The minimum Gasteiger partial charge on any atom is -0.496 e. The minimum absolute atomic E-state index is 0.00908. The van der Waals surface area contributed by atoms with E-state index in [1.165, 1.54) is 6.07 Å². The number of hydrogen-bond donors (Lipinski definition) is 1. The van der Waals surface area contributed by atoms with E-state index in [4.69, 9.17) is 20.8 Å². The number of carbonyl (C=O) groups excluding carboxylic acids is 2. The number of amides is 1. The van der Waals surface area contributed by atoms with E-state index < -0.39 is 0 Å². The van der Waals surface area contributed by atoms with Crippen LogP contribution in [0.25, 0.3) is 11.5 Å². The number of nitrogens with zero attached hydrogens (tertiary/aromatic N) is 2. The standard InChI is InChI=1S/C24H18ClN3O4S/c1-31-20-10-6-5-9-17(20)23-27-28-24(32-23)33-14-21(29)26-19-12-11-16(25)13-18(19)22(30)15-7-3-2-4-8-15/h2-13H,14H2,1H3,(H,26,29). The Balaban J connectivity index is 1.44. The average molecular weight is 480 g/mol. The second-order valence-corrected chi connectivity index (χ2v) is 8.16. The molecule has 0 aliphatic carbocycles. The second-order valence-electron chi connectivity index (χ2n) is 6.80. The number of aromatic nitrogens is 2. The molecular formula is C24H18ClN3O4S. The number of anilines is 1. The third-order valence-corrected chi connectivity index (χ3v) is 5.66. The van der Waals surface area contributed by atoms with Gasteiger partial charge in [-0.15, -0.1) is 10.2 Å². The van der Waals surface area contributed by atoms with Gasteiger partial charge in [-0.3, -0.25) is 9.59 Å². The maximum absolute atomic E-state index is 12.9. The van der Waals surface area contributed by atoms with Crippen molar-refractivity contribution in [2.75, 3.05) is 18.2 Å². The molecule has 0 fully saturated rings. The van der Waals surface area contributed by atoms with Crippen LogP contribution in [0.5, 0.6) is 5.75 Å². The summed E-state index contributed by atoms with van der Waals surface area (Å²) < 4.78 is 11.0. The first-order valence-electron chi connectivity index (χ1n) is 9.84. The number of rotatable bonds is 8. The molecule has 4 rings (SSSR count). The quantitative estimate of drug-likeness (QED) is 0.268. The van der Waals surface area contributed by atoms with E-state index in [0.29, 0.717) is 39.0 Å². The van der Waals surface area contributed by atoms with Gasteiger partial charge >= 0.3 is 0 Å². The van der Waals surface area contributed by atoms with Crippen molar-refractivity contribution in [3.63, 3.8) is 0 Å². The molecule has 0 saturated heterocycles. The smallest absolute Gasteiger partial charge is 0.277 e. The Morgan fingerprint density at radius 1 is 1.03 bits per heavy atom. The Bertz CT molecular complexity index is 1290. The van der Waals surface area contributed by atoms with E-state index in [1.54, 1.807) is 55.6 Å². The third-order valence-electron chi connectivity index (χ3n) is 4.61. The van der Waals surface area contributed by atoms with Crippen LogP contribution in [0.2, 0.25) is 5.02 Å². The predicted octanol–water partition coefficient (Wildman–Crippen LogP) is 5.36. The van der Waals surface area contributed by atoms with Gasteiger partial charge in [-0.25, -0.2) is 0 Å². The molecule has 0 bridgehead atoms. The van der Waals surface area contributed by atoms with Crippen LogP contribution in [-0.2, 0) is 4.79 Å². The fourth-order valence-corrected chi connectivity index (χ4v) is 3.81. The molecule has 0 atom stereocenters. The van der Waals surface area contributed by atoms with Crippen molar-refractivity contribution in [1.82, 2.24) is 10.2 Å². The number of carbonyl (C=O) groups is 2. The van der Waals surface area contributed by atoms with Gasteiger partial charge in [0, 0.05) is 16.1 Å². The lowest BCUT2D eigenvalue weighted by molar-refractivity contribution is -0.113. The third kappa shape index (κ3) is 5.42. The molecule has 4 aromatic rings. The van der Waals surface area contributed by atoms with Crippen molar-refractivity contribution < 1.29 is 18.7 Å². The fraction of sp³-hybridized carbons (Fsp3) is 0.0833. The maximum atomic E-state index is 12.9. The van der Waals surface area contributed by atoms with Gasteiger partial charge < -0.3 is 14.5 Å². The van der Waals surface area contributed by atoms with Crippen LogP contribution >= 0.6 is 23.4 Å². The van der Waals surface area contributed by atoms with Crippen molar-refractivity contribution in [2.24, 2.45) is 0 Å². The Kier molecular flexibility index (Phi) is 7.07. The fourth-order valence-electron chi connectivity index (χ4n) is 3.07. The number of ketones is 1. The van der Waals surface area contributed by atoms with Crippen LogP contribution in [0.15, 0.2) is 82.4 Å². The van der Waals surface area contributed by atoms with Crippen LogP contribution in [0, 0.1) is 0 Å². The molecule has 9 heteroatoms. The van der Waals surface area contributed by atoms with E-state index in [9.17, 15) is 9.59 Å². The summed E-state index contributed by atoms with van der Waals surface area (Å²) in [5.41, 5.74) is 1.84. The van der Waals surface area contributed by atoms with Crippen LogP contribution < -0.4 is 10.1 Å². The van der Waals surface area contributed by atoms with Gasteiger partial charge in [-0.05, 0) is 30.3 Å². The first-order valence-corrected chi connectivity index (χ1v) is 11.2. The highest BCUT2D eigenvalue weighted by atomic mass is 35.5. The number of halogens is 1. The Labute approximate surface area is 199 Å². The van der Waals surface area contributed by atoms with Gasteiger partial charge in [0.05, 0.1) is 24.1 Å². The zero-order chi connectivity index (χ0) is 23.2. The highest BCUT2D eigenvalue weighted by Gasteiger charge is 2.18. The first-order chi connectivity index (χ1) is 16.0. The Hall–Kier alpha value is -3.62. The van der Waals surface area contributed by atoms with Crippen LogP contribution in [0.3, 0.4) is 0 Å². The van der Waals surface area contributed by atoms with E-state index >= 15 is 0 Å². The summed E-state index contributed by atoms with van der Waals surface area (Å²) in [5, 5.41) is 11.4. The molecule has 0 aliphatic heterocycles. The van der Waals surface area contributed by atoms with Crippen LogP contribution in [0.1, 0.15) is 15.9 Å². The van der Waals surface area contributed by atoms with E-state index in [1.807, 2.05) is 18.2 Å². The summed E-state index contributed by atoms with van der Waals surface area (Å²) in [6.07, 6.45) is 0. The zero-order valence-corrected chi connectivity index (χ0v) is 19.0. The average Bonchev–Trinajstić information content (AvgIpc) is 3.33. The summed E-state index contributed by atoms with van der Waals surface area (Å²) in [6, 6.07) is 20.8. The minimum atomic E-state index is -0.332. The van der Waals surface area contributed by atoms with Gasteiger partial charge in [0.2, 0.25) is 5.91 Å². The molecule has 7 nitrogen and oxygen atoms in total. The Morgan fingerprint density at radius 2 is 1.79 bits per heavy atom. The summed E-state index contributed by atoms with van der Waals surface area (Å²) in [4.78, 5) is 25.5. The molecule has 0 radical (unpaired) electrons. The number of para-hydroxylation sites is 1. The molecule has 1 heterocycles. The van der Waals surface area contributed by atoms with Crippen molar-refractivity contribution in [3.8, 4) is 17.2 Å². The van der Waals surface area contributed by atoms with Gasteiger partial charge in [-0.1, -0.05) is 65.8 Å². The summed E-state index contributed by atoms with van der Waals surface area (Å²) in [5.74, 6) is 0.341. The summed E-state index contributed by atoms with van der Waals surface area (Å²) >= 11 is 7.18. The van der Waals surface area contributed by atoms with Crippen molar-refractivity contribution in [3.05, 3.63) is 88.9 Å². The molecule has 0 saturated carbocycles. The van der Waals surface area contributed by atoms with Gasteiger partial charge in [-0.2, -0.15) is 0 Å². The van der Waals surface area contributed by atoms with Crippen molar-refractivity contribution in [2.45, 2.75) is 5.22 Å². The highest BCUT2D eigenvalue weighted by Crippen LogP contribution is 2.30. The highest BCUT2D eigenvalue weighted by molar-refractivity contribution is 7.99. The Morgan fingerprint density at radius 3 is 2.58 bits per heavy atom. The first kappa shape index (κ1) is 22.6. The maximum Gasteiger partial charge on any atom is 0.277 e. The van der Waals surface area contributed by atoms with E-state index in [-0.39, 0.29) is 22.7 Å². The number of ether oxygens (including phenoxy) is 1. The topological polar surface area (TPSA) is 94.3 Å². The molecule has 0 spiro atoms. The summed E-state index contributed by atoms with van der Waals surface area (Å²) in [6.45, 7) is 0. The molecule has 3 aromatic carbocycles. The molecule has 0 unspecified atom stereocenters. The van der Waals surface area contributed by atoms with Crippen LogP contribution in [-0.4, -0.2) is 34.8 Å². The molecule has 1 aromatic heterocycles. The lowest BCUT2D eigenvalue weighted by Crippen LogP contribution is -2.17. The van der Waals surface area contributed by atoms with Crippen molar-refractivity contribution in [1.29, 1.82) is 0 Å². The lowest BCUT2D eigenvalue weighted by Gasteiger charge is -2.11. The number of methoxy groups -OCH3 is 1. The van der Waals surface area contributed by atoms with Gasteiger partial charge in [0.1, 0.15) is 5.75 Å². The monoisotopic (exact) mass is 479 g/mol. The molecule has 1 N–H and O–H groups in total. The molecule has 0 aliphatic rings. The predicted molar refractivity (Wildman–Crippen MR) is 127 cm³/mol. The zero-order valence-electron chi connectivity index (χ0n) is 17.4. The van der Waals surface area contributed by atoms with Crippen molar-refractivity contribution >= 4 is 40.7 Å². The largest absolute Gasteiger partial charge is 0.496 e. The summed E-state index contributed by atoms with van der Waals surface area (Å²) in [7, 11) is 1.56. The van der Waals surface area contributed by atoms with E-state index in [2.05, 4.69) is 15.5 Å². The van der Waals surface area contributed by atoms with Gasteiger partial charge in [0.15, 0.2) is 5.78 Å². The number of thioether (sulfide) groups is 1. The number of nitrogens with one attached hydrogen (secondary N) is 1. The number of benzene rings is 3. The molecule has 166 valence electrons. The number of hydrogen-bond acceptors (Lipinski definition) is 7. The lowest BCUT2D eigenvalue weighted by atomic mass is 10.0. The molecule has 33 heavy (non-hydrogen) atoms. The van der Waals surface area contributed by atoms with E-state index in [0.717, 1.165) is 11.8 Å².